The lowest BCUT2D eigenvalue weighted by atomic mass is 10.1. The minimum absolute atomic E-state index is 0.000877. The van der Waals surface area contributed by atoms with Crippen molar-refractivity contribution in [2.24, 2.45) is 0 Å². The van der Waals surface area contributed by atoms with E-state index in [4.69, 9.17) is 0 Å². The minimum Gasteiger partial charge on any atom is -0.305 e. The van der Waals surface area contributed by atoms with E-state index in [2.05, 4.69) is 16.8 Å². The van der Waals surface area contributed by atoms with Gasteiger partial charge in [-0.1, -0.05) is 12.1 Å². The fourth-order valence-corrected chi connectivity index (χ4v) is 2.21. The first-order valence-corrected chi connectivity index (χ1v) is 6.35. The Labute approximate surface area is 107 Å². The van der Waals surface area contributed by atoms with Gasteiger partial charge in [0, 0.05) is 18.7 Å². The average Bonchev–Trinajstić information content (AvgIpc) is 2.54. The Balaban J connectivity index is 1.94. The van der Waals surface area contributed by atoms with Crippen LogP contribution in [0.15, 0.2) is 24.3 Å². The number of likely N-dealkylation sites (N-methyl/N-ethyl adjacent to an activating group) is 1. The average molecular weight is 250 g/mol. The zero-order valence-electron chi connectivity index (χ0n) is 10.7. The Morgan fingerprint density at radius 1 is 1.28 bits per heavy atom. The largest absolute Gasteiger partial charge is 0.305 e. The smallest absolute Gasteiger partial charge is 0.176 e. The zero-order valence-corrected chi connectivity index (χ0v) is 10.7. The molecular weight excluding hydrogens is 231 g/mol. The normalized spacial score (nSPS) is 18.6. The first-order valence-electron chi connectivity index (χ1n) is 6.35. The molecule has 0 spiro atoms. The van der Waals surface area contributed by atoms with E-state index in [1.54, 1.807) is 12.1 Å². The van der Waals surface area contributed by atoms with Crippen LogP contribution in [-0.4, -0.2) is 55.4 Å². The van der Waals surface area contributed by atoms with E-state index >= 15 is 0 Å². The molecule has 1 aromatic carbocycles. The maximum absolute atomic E-state index is 13.0. The van der Waals surface area contributed by atoms with Gasteiger partial charge in [-0.15, -0.1) is 0 Å². The highest BCUT2D eigenvalue weighted by molar-refractivity contribution is 5.97. The fraction of sp³-hybridized carbons (Fsp3) is 0.500. The van der Waals surface area contributed by atoms with Gasteiger partial charge in [0.1, 0.15) is 5.82 Å². The van der Waals surface area contributed by atoms with E-state index in [1.807, 2.05) is 0 Å². The van der Waals surface area contributed by atoms with Crippen molar-refractivity contribution >= 4 is 5.78 Å². The first kappa shape index (κ1) is 13.2. The SMILES string of the molecule is CN1CCCN(CC(=O)c2cccc(F)c2)CC1. The van der Waals surface area contributed by atoms with Crippen molar-refractivity contribution in [2.75, 3.05) is 39.8 Å². The molecule has 18 heavy (non-hydrogen) atoms. The van der Waals surface area contributed by atoms with Gasteiger partial charge in [-0.3, -0.25) is 9.69 Å². The second-order valence-corrected chi connectivity index (χ2v) is 4.87. The summed E-state index contributed by atoms with van der Waals surface area (Å²) in [5, 5.41) is 0. The quantitative estimate of drug-likeness (QED) is 0.762. The maximum Gasteiger partial charge on any atom is 0.176 e. The first-order chi connectivity index (χ1) is 8.65. The van der Waals surface area contributed by atoms with Crippen LogP contribution in [0.1, 0.15) is 16.8 Å². The van der Waals surface area contributed by atoms with Gasteiger partial charge in [0.15, 0.2) is 5.78 Å². The highest BCUT2D eigenvalue weighted by Gasteiger charge is 2.16. The van der Waals surface area contributed by atoms with Gasteiger partial charge < -0.3 is 4.90 Å². The molecule has 1 heterocycles. The van der Waals surface area contributed by atoms with Crippen LogP contribution < -0.4 is 0 Å². The molecule has 0 N–H and O–H groups in total. The van der Waals surface area contributed by atoms with E-state index in [1.165, 1.54) is 12.1 Å². The highest BCUT2D eigenvalue weighted by atomic mass is 19.1. The Bertz CT molecular complexity index is 422. The summed E-state index contributed by atoms with van der Waals surface area (Å²) in [6.07, 6.45) is 1.08. The van der Waals surface area contributed by atoms with Crippen LogP contribution >= 0.6 is 0 Å². The molecule has 0 unspecified atom stereocenters. The van der Waals surface area contributed by atoms with Gasteiger partial charge in [0.2, 0.25) is 0 Å². The minimum atomic E-state index is -0.351. The summed E-state index contributed by atoms with van der Waals surface area (Å²) in [5.74, 6) is -0.351. The molecular formula is C14H19FN2O. The van der Waals surface area contributed by atoms with Crippen LogP contribution in [-0.2, 0) is 0 Å². The molecule has 1 fully saturated rings. The molecule has 0 aliphatic carbocycles. The summed E-state index contributed by atoms with van der Waals surface area (Å²) < 4.78 is 13.0. The molecule has 0 saturated carbocycles. The Kier molecular flexibility index (Phi) is 4.44. The molecule has 1 aliphatic rings. The summed E-state index contributed by atoms with van der Waals surface area (Å²) >= 11 is 0. The number of halogens is 1. The van der Waals surface area contributed by atoms with Crippen molar-refractivity contribution in [2.45, 2.75) is 6.42 Å². The second-order valence-electron chi connectivity index (χ2n) is 4.87. The summed E-state index contributed by atoms with van der Waals surface area (Å²) in [4.78, 5) is 16.5. The summed E-state index contributed by atoms with van der Waals surface area (Å²) in [7, 11) is 2.10. The van der Waals surface area contributed by atoms with Crippen molar-refractivity contribution in [3.63, 3.8) is 0 Å². The Hall–Kier alpha value is -1.26. The number of hydrogen-bond acceptors (Lipinski definition) is 3. The summed E-state index contributed by atoms with van der Waals surface area (Å²) in [5.41, 5.74) is 0.465. The third-order valence-corrected chi connectivity index (χ3v) is 3.33. The summed E-state index contributed by atoms with van der Waals surface area (Å²) in [6.45, 7) is 4.28. The van der Waals surface area contributed by atoms with Gasteiger partial charge in [0.25, 0.3) is 0 Å². The van der Waals surface area contributed by atoms with Gasteiger partial charge >= 0.3 is 0 Å². The number of rotatable bonds is 3. The number of Topliss-reactive ketones (excluding diaryl/α,β-unsaturated/α-hetero) is 1. The molecule has 0 bridgehead atoms. The molecule has 0 amide bonds. The number of benzene rings is 1. The highest BCUT2D eigenvalue weighted by Crippen LogP contribution is 2.07. The lowest BCUT2D eigenvalue weighted by Crippen LogP contribution is -2.33. The summed E-state index contributed by atoms with van der Waals surface area (Å²) in [6, 6.07) is 5.93. The van der Waals surface area contributed by atoms with Crippen molar-refractivity contribution in [1.29, 1.82) is 0 Å². The third-order valence-electron chi connectivity index (χ3n) is 3.33. The molecule has 1 saturated heterocycles. The predicted molar refractivity (Wildman–Crippen MR) is 69.3 cm³/mol. The lowest BCUT2D eigenvalue weighted by Gasteiger charge is -2.19. The zero-order chi connectivity index (χ0) is 13.0. The molecule has 4 heteroatoms. The van der Waals surface area contributed by atoms with Crippen LogP contribution in [0.5, 0.6) is 0 Å². The molecule has 0 atom stereocenters. The monoisotopic (exact) mass is 250 g/mol. The number of carbonyl (C=O) groups is 1. The van der Waals surface area contributed by atoms with Gasteiger partial charge in [-0.25, -0.2) is 4.39 Å². The van der Waals surface area contributed by atoms with Crippen molar-refractivity contribution in [3.05, 3.63) is 35.6 Å². The van der Waals surface area contributed by atoms with Crippen LogP contribution in [0.2, 0.25) is 0 Å². The molecule has 0 aromatic heterocycles. The number of nitrogens with zero attached hydrogens (tertiary/aromatic N) is 2. The van der Waals surface area contributed by atoms with E-state index < -0.39 is 0 Å². The predicted octanol–water partition coefficient (Wildman–Crippen LogP) is 1.65. The van der Waals surface area contributed by atoms with Gasteiger partial charge in [-0.2, -0.15) is 0 Å². The van der Waals surface area contributed by atoms with Gasteiger partial charge in [0.05, 0.1) is 6.54 Å². The number of hydrogen-bond donors (Lipinski definition) is 0. The number of carbonyl (C=O) groups excluding carboxylic acids is 1. The molecule has 3 nitrogen and oxygen atoms in total. The molecule has 2 rings (SSSR count). The molecule has 98 valence electrons. The Morgan fingerprint density at radius 3 is 2.89 bits per heavy atom. The van der Waals surface area contributed by atoms with Gasteiger partial charge in [-0.05, 0) is 38.7 Å². The molecule has 1 aliphatic heterocycles. The topological polar surface area (TPSA) is 23.6 Å². The second kappa shape index (κ2) is 6.07. The van der Waals surface area contributed by atoms with Crippen LogP contribution in [0.4, 0.5) is 4.39 Å². The van der Waals surface area contributed by atoms with E-state index in [-0.39, 0.29) is 11.6 Å². The fourth-order valence-electron chi connectivity index (χ4n) is 2.21. The van der Waals surface area contributed by atoms with Crippen LogP contribution in [0.25, 0.3) is 0 Å². The van der Waals surface area contributed by atoms with Crippen molar-refractivity contribution in [3.8, 4) is 0 Å². The van der Waals surface area contributed by atoms with Crippen molar-refractivity contribution < 1.29 is 9.18 Å². The number of ketones is 1. The standard InChI is InChI=1S/C14H19FN2O/c1-16-6-3-7-17(9-8-16)11-14(18)12-4-2-5-13(15)10-12/h2,4-5,10H,3,6-9,11H2,1H3. The lowest BCUT2D eigenvalue weighted by molar-refractivity contribution is 0.0933. The van der Waals surface area contributed by atoms with E-state index in [0.29, 0.717) is 12.1 Å². The third kappa shape index (κ3) is 3.62. The van der Waals surface area contributed by atoms with E-state index in [9.17, 15) is 9.18 Å². The van der Waals surface area contributed by atoms with Crippen LogP contribution in [0, 0.1) is 5.82 Å². The maximum atomic E-state index is 13.0. The van der Waals surface area contributed by atoms with E-state index in [0.717, 1.165) is 32.6 Å². The van der Waals surface area contributed by atoms with Crippen molar-refractivity contribution in [1.82, 2.24) is 9.80 Å². The van der Waals surface area contributed by atoms with Crippen LogP contribution in [0.3, 0.4) is 0 Å². The molecule has 0 radical (unpaired) electrons. The Morgan fingerprint density at radius 2 is 2.11 bits per heavy atom. The molecule has 1 aromatic rings.